The maximum absolute atomic E-state index is 13.5. The second kappa shape index (κ2) is 5.90. The highest BCUT2D eigenvalue weighted by Gasteiger charge is 2.23. The maximum Gasteiger partial charge on any atom is 0.333 e. The van der Waals surface area contributed by atoms with Crippen molar-refractivity contribution in [1.29, 1.82) is 0 Å². The quantitative estimate of drug-likeness (QED) is 0.472. The lowest BCUT2D eigenvalue weighted by Gasteiger charge is -2.09. The van der Waals surface area contributed by atoms with E-state index >= 15 is 0 Å². The Labute approximate surface area is 111 Å². The van der Waals surface area contributed by atoms with E-state index in [9.17, 15) is 27.7 Å². The molecule has 0 aliphatic heterocycles. The molecule has 9 nitrogen and oxygen atoms in total. The zero-order chi connectivity index (χ0) is 15.5. The van der Waals surface area contributed by atoms with Gasteiger partial charge >= 0.3 is 5.97 Å². The molecule has 0 heterocycles. The number of hydrogen-bond donors (Lipinski definition) is 3. The number of rotatable bonds is 6. The molecule has 1 aromatic carbocycles. The number of aliphatic hydroxyl groups is 1. The number of carbonyl (C=O) groups is 1. The van der Waals surface area contributed by atoms with Crippen LogP contribution in [-0.2, 0) is 14.8 Å². The average Bonchev–Trinajstić information content (AvgIpc) is 2.35. The number of carboxylic acid groups (broad SMARTS) is 1. The van der Waals surface area contributed by atoms with E-state index in [-0.39, 0.29) is 0 Å². The monoisotopic (exact) mass is 308 g/mol. The number of nitro groups is 1. The van der Waals surface area contributed by atoms with Gasteiger partial charge in [0, 0.05) is 12.6 Å². The van der Waals surface area contributed by atoms with Gasteiger partial charge in [-0.05, 0) is 6.07 Å². The molecule has 1 rings (SSSR count). The standard InChI is InChI=1S/C9H9FN2O7S/c10-6-3-5(12(16)17)1-2-8(6)20(18,19)11-4-7(13)9(14)15/h1-3,7,11,13H,4H2,(H,14,15)/t7-/m0/s1. The molecule has 1 atom stereocenters. The predicted molar refractivity (Wildman–Crippen MR) is 61.9 cm³/mol. The molecule has 0 spiro atoms. The third-order valence-corrected chi connectivity index (χ3v) is 3.62. The van der Waals surface area contributed by atoms with Gasteiger partial charge in [0.15, 0.2) is 6.10 Å². The van der Waals surface area contributed by atoms with Gasteiger partial charge in [0.05, 0.1) is 11.0 Å². The van der Waals surface area contributed by atoms with E-state index in [0.29, 0.717) is 12.1 Å². The van der Waals surface area contributed by atoms with Crippen LogP contribution in [-0.4, -0.2) is 42.2 Å². The molecule has 0 saturated heterocycles. The normalized spacial score (nSPS) is 12.9. The number of nitro benzene ring substituents is 1. The first-order valence-electron chi connectivity index (χ1n) is 4.99. The molecular formula is C9H9FN2O7S. The van der Waals surface area contributed by atoms with Gasteiger partial charge in [0.1, 0.15) is 10.7 Å². The van der Waals surface area contributed by atoms with Crippen LogP contribution in [0.5, 0.6) is 0 Å². The molecule has 110 valence electrons. The molecule has 3 N–H and O–H groups in total. The largest absolute Gasteiger partial charge is 0.479 e. The summed E-state index contributed by atoms with van der Waals surface area (Å²) in [4.78, 5) is 18.9. The van der Waals surface area contributed by atoms with Crippen LogP contribution in [0.1, 0.15) is 0 Å². The summed E-state index contributed by atoms with van der Waals surface area (Å²) in [5, 5.41) is 27.7. The Balaban J connectivity index is 2.99. The van der Waals surface area contributed by atoms with Crippen LogP contribution in [0.4, 0.5) is 10.1 Å². The first kappa shape index (κ1) is 15.9. The maximum atomic E-state index is 13.5. The van der Waals surface area contributed by atoms with Gasteiger partial charge in [-0.15, -0.1) is 0 Å². The Morgan fingerprint density at radius 3 is 2.55 bits per heavy atom. The van der Waals surface area contributed by atoms with Gasteiger partial charge in [0.2, 0.25) is 10.0 Å². The summed E-state index contributed by atoms with van der Waals surface area (Å²) >= 11 is 0. The van der Waals surface area contributed by atoms with Crippen LogP contribution in [0.15, 0.2) is 23.1 Å². The summed E-state index contributed by atoms with van der Waals surface area (Å²) in [6.07, 6.45) is -1.99. The summed E-state index contributed by atoms with van der Waals surface area (Å²) in [5.41, 5.74) is -0.632. The minimum Gasteiger partial charge on any atom is -0.479 e. The van der Waals surface area contributed by atoms with Crippen LogP contribution in [0.3, 0.4) is 0 Å². The number of hydrogen-bond acceptors (Lipinski definition) is 6. The highest BCUT2D eigenvalue weighted by Crippen LogP contribution is 2.20. The molecule has 0 saturated carbocycles. The SMILES string of the molecule is O=C(O)[C@@H](O)CNS(=O)(=O)c1ccc([N+](=O)[O-])cc1F. The Bertz CT molecular complexity index is 646. The van der Waals surface area contributed by atoms with Gasteiger partial charge < -0.3 is 10.2 Å². The van der Waals surface area contributed by atoms with Crippen LogP contribution >= 0.6 is 0 Å². The van der Waals surface area contributed by atoms with Crippen molar-refractivity contribution in [1.82, 2.24) is 4.72 Å². The van der Waals surface area contributed by atoms with E-state index in [1.807, 2.05) is 0 Å². The predicted octanol–water partition coefficient (Wildman–Crippen LogP) is -0.542. The average molecular weight is 308 g/mol. The number of aliphatic hydroxyl groups excluding tert-OH is 1. The Hall–Kier alpha value is -2.11. The molecule has 0 aliphatic carbocycles. The smallest absolute Gasteiger partial charge is 0.333 e. The molecule has 0 fully saturated rings. The second-order valence-electron chi connectivity index (χ2n) is 3.58. The highest BCUT2D eigenvalue weighted by molar-refractivity contribution is 7.89. The number of carboxylic acids is 1. The van der Waals surface area contributed by atoms with Crippen molar-refractivity contribution in [2.45, 2.75) is 11.0 Å². The molecule has 0 aromatic heterocycles. The lowest BCUT2D eigenvalue weighted by atomic mass is 10.3. The first-order chi connectivity index (χ1) is 9.15. The lowest BCUT2D eigenvalue weighted by molar-refractivity contribution is -0.385. The third-order valence-electron chi connectivity index (χ3n) is 2.17. The summed E-state index contributed by atoms with van der Waals surface area (Å²) < 4.78 is 38.4. The van der Waals surface area contributed by atoms with Gasteiger partial charge in [0.25, 0.3) is 5.69 Å². The summed E-state index contributed by atoms with van der Waals surface area (Å²) in [6, 6.07) is 1.87. The molecular weight excluding hydrogens is 299 g/mol. The van der Waals surface area contributed by atoms with Crippen LogP contribution in [0.2, 0.25) is 0 Å². The number of aliphatic carboxylic acids is 1. The van der Waals surface area contributed by atoms with E-state index in [2.05, 4.69) is 0 Å². The van der Waals surface area contributed by atoms with Gasteiger partial charge in [-0.2, -0.15) is 0 Å². The zero-order valence-corrected chi connectivity index (χ0v) is 10.5. The number of sulfonamides is 1. The molecule has 1 aromatic rings. The number of halogens is 1. The van der Waals surface area contributed by atoms with Gasteiger partial charge in [-0.1, -0.05) is 0 Å². The van der Waals surface area contributed by atoms with Crippen molar-refractivity contribution >= 4 is 21.7 Å². The fourth-order valence-electron chi connectivity index (χ4n) is 1.17. The van der Waals surface area contributed by atoms with Crippen LogP contribution in [0.25, 0.3) is 0 Å². The summed E-state index contributed by atoms with van der Waals surface area (Å²) in [6.45, 7) is -0.867. The minimum absolute atomic E-state index is 0.419. The molecule has 0 radical (unpaired) electrons. The van der Waals surface area contributed by atoms with Crippen molar-refractivity contribution in [2.75, 3.05) is 6.54 Å². The van der Waals surface area contributed by atoms with Crippen molar-refractivity contribution < 1.29 is 32.7 Å². The molecule has 11 heteroatoms. The second-order valence-corrected chi connectivity index (χ2v) is 5.31. The summed E-state index contributed by atoms with van der Waals surface area (Å²) in [7, 11) is -4.43. The van der Waals surface area contributed by atoms with Crippen molar-refractivity contribution in [2.24, 2.45) is 0 Å². The fraction of sp³-hybridized carbons (Fsp3) is 0.222. The fourth-order valence-corrected chi connectivity index (χ4v) is 2.27. The van der Waals surface area contributed by atoms with Gasteiger partial charge in [-0.3, -0.25) is 10.1 Å². The molecule has 0 bridgehead atoms. The molecule has 0 unspecified atom stereocenters. The van der Waals surface area contributed by atoms with Crippen molar-refractivity contribution in [3.05, 3.63) is 34.1 Å². The first-order valence-corrected chi connectivity index (χ1v) is 6.48. The van der Waals surface area contributed by atoms with Gasteiger partial charge in [-0.25, -0.2) is 22.3 Å². The topological polar surface area (TPSA) is 147 Å². The van der Waals surface area contributed by atoms with E-state index < -0.39 is 50.0 Å². The number of nitrogens with zero attached hydrogens (tertiary/aromatic N) is 1. The van der Waals surface area contributed by atoms with E-state index in [1.54, 1.807) is 4.72 Å². The lowest BCUT2D eigenvalue weighted by Crippen LogP contribution is -2.36. The van der Waals surface area contributed by atoms with E-state index in [0.717, 1.165) is 6.07 Å². The molecule has 0 aliphatic rings. The van der Waals surface area contributed by atoms with E-state index in [4.69, 9.17) is 10.2 Å². The highest BCUT2D eigenvalue weighted by atomic mass is 32.2. The molecule has 20 heavy (non-hydrogen) atoms. The van der Waals surface area contributed by atoms with Crippen molar-refractivity contribution in [3.8, 4) is 0 Å². The Morgan fingerprint density at radius 2 is 2.10 bits per heavy atom. The van der Waals surface area contributed by atoms with Crippen LogP contribution < -0.4 is 4.72 Å². The summed E-state index contributed by atoms with van der Waals surface area (Å²) in [5.74, 6) is -3.02. The third kappa shape index (κ3) is 3.69. The minimum atomic E-state index is -4.43. The molecule has 0 amide bonds. The number of non-ortho nitro benzene ring substituents is 1. The van der Waals surface area contributed by atoms with Crippen LogP contribution in [0, 0.1) is 15.9 Å². The number of benzene rings is 1. The van der Waals surface area contributed by atoms with Crippen molar-refractivity contribution in [3.63, 3.8) is 0 Å². The Morgan fingerprint density at radius 1 is 1.50 bits per heavy atom. The number of nitrogens with one attached hydrogen (secondary N) is 1. The zero-order valence-electron chi connectivity index (χ0n) is 9.69. The Kier molecular flexibility index (Phi) is 4.70. The van der Waals surface area contributed by atoms with E-state index in [1.165, 1.54) is 0 Å².